The molecule has 0 spiro atoms. The molecule has 0 unspecified atom stereocenters. The van der Waals surface area contributed by atoms with Crippen LogP contribution in [0.5, 0.6) is 5.75 Å². The molecule has 2 aromatic rings. The first-order chi connectivity index (χ1) is 10.9. The van der Waals surface area contributed by atoms with Gasteiger partial charge in [0.15, 0.2) is 6.61 Å². The van der Waals surface area contributed by atoms with E-state index in [1.165, 1.54) is 16.7 Å². The Bertz CT molecular complexity index is 707. The summed E-state index contributed by atoms with van der Waals surface area (Å²) in [4.78, 5) is 12.1. The summed E-state index contributed by atoms with van der Waals surface area (Å²) in [6, 6.07) is 12.0. The molecule has 2 rings (SSSR count). The number of carbonyl (C=O) groups excluding carboxylic acids is 1. The van der Waals surface area contributed by atoms with Gasteiger partial charge in [0.05, 0.1) is 6.04 Å². The molecule has 0 radical (unpaired) electrons. The second-order valence-corrected chi connectivity index (χ2v) is 6.14. The van der Waals surface area contributed by atoms with Crippen molar-refractivity contribution in [2.75, 3.05) is 6.61 Å². The Hall–Kier alpha value is -2.29. The minimum atomic E-state index is -0.113. The summed E-state index contributed by atoms with van der Waals surface area (Å²) >= 11 is 0. The summed E-state index contributed by atoms with van der Waals surface area (Å²) in [5.41, 5.74) is 5.88. The van der Waals surface area contributed by atoms with E-state index in [0.29, 0.717) is 0 Å². The highest BCUT2D eigenvalue weighted by atomic mass is 16.5. The lowest BCUT2D eigenvalue weighted by Gasteiger charge is -2.19. The van der Waals surface area contributed by atoms with Crippen molar-refractivity contribution in [1.82, 2.24) is 5.32 Å². The molecule has 0 saturated heterocycles. The summed E-state index contributed by atoms with van der Waals surface area (Å²) in [6.45, 7) is 10.3. The summed E-state index contributed by atoms with van der Waals surface area (Å²) in [7, 11) is 0. The van der Waals surface area contributed by atoms with E-state index in [-0.39, 0.29) is 18.6 Å². The van der Waals surface area contributed by atoms with Gasteiger partial charge in [-0.15, -0.1) is 0 Å². The van der Waals surface area contributed by atoms with Crippen molar-refractivity contribution >= 4 is 5.91 Å². The monoisotopic (exact) mass is 311 g/mol. The van der Waals surface area contributed by atoms with Crippen molar-refractivity contribution in [2.24, 2.45) is 0 Å². The molecule has 0 aliphatic carbocycles. The third-order valence-corrected chi connectivity index (χ3v) is 4.18. The van der Waals surface area contributed by atoms with Crippen LogP contribution < -0.4 is 10.1 Å². The average Bonchev–Trinajstić information content (AvgIpc) is 2.50. The zero-order valence-corrected chi connectivity index (χ0v) is 14.6. The van der Waals surface area contributed by atoms with E-state index in [9.17, 15) is 4.79 Å². The van der Waals surface area contributed by atoms with Crippen LogP contribution in [-0.2, 0) is 4.79 Å². The van der Waals surface area contributed by atoms with Gasteiger partial charge in [-0.05, 0) is 68.5 Å². The highest BCUT2D eigenvalue weighted by Gasteiger charge is 2.13. The zero-order valence-electron chi connectivity index (χ0n) is 14.6. The zero-order chi connectivity index (χ0) is 17.0. The third-order valence-electron chi connectivity index (χ3n) is 4.18. The Morgan fingerprint density at radius 1 is 1.00 bits per heavy atom. The maximum Gasteiger partial charge on any atom is 0.258 e. The molecule has 1 N–H and O–H groups in total. The Balaban J connectivity index is 1.97. The maximum atomic E-state index is 12.1. The minimum absolute atomic E-state index is 0.0269. The second-order valence-electron chi connectivity index (χ2n) is 6.14. The normalized spacial score (nSPS) is 11.9. The molecule has 1 atom stereocenters. The molecular weight excluding hydrogens is 286 g/mol. The van der Waals surface area contributed by atoms with Gasteiger partial charge in [-0.25, -0.2) is 0 Å². The van der Waals surface area contributed by atoms with E-state index in [1.807, 2.05) is 38.1 Å². The van der Waals surface area contributed by atoms with Gasteiger partial charge in [0.1, 0.15) is 5.75 Å². The Labute approximate surface area is 138 Å². The average molecular weight is 311 g/mol. The number of ether oxygens (including phenoxy) is 1. The molecule has 0 aliphatic rings. The fourth-order valence-electron chi connectivity index (χ4n) is 2.67. The van der Waals surface area contributed by atoms with E-state index >= 15 is 0 Å². The first-order valence-corrected chi connectivity index (χ1v) is 7.94. The summed E-state index contributed by atoms with van der Waals surface area (Å²) in [5, 5.41) is 3.01. The van der Waals surface area contributed by atoms with Crippen molar-refractivity contribution in [1.29, 1.82) is 0 Å². The summed E-state index contributed by atoms with van der Waals surface area (Å²) in [5.74, 6) is 0.635. The molecular formula is C20H25NO2. The van der Waals surface area contributed by atoms with Crippen LogP contribution in [0.3, 0.4) is 0 Å². The number of hydrogen-bond acceptors (Lipinski definition) is 2. The van der Waals surface area contributed by atoms with Gasteiger partial charge in [0, 0.05) is 0 Å². The standard InChI is InChI=1S/C20H25NO2/c1-13-8-6-7-9-19(13)23-12-20(22)21-17(5)18-11-15(3)14(2)10-16(18)4/h6-11,17H,12H2,1-5H3,(H,21,22)/t17-/m1/s1. The van der Waals surface area contributed by atoms with E-state index in [4.69, 9.17) is 4.74 Å². The Morgan fingerprint density at radius 3 is 2.35 bits per heavy atom. The molecule has 1 amide bonds. The number of amides is 1. The highest BCUT2D eigenvalue weighted by Crippen LogP contribution is 2.21. The molecule has 3 nitrogen and oxygen atoms in total. The van der Waals surface area contributed by atoms with Crippen molar-refractivity contribution in [3.63, 3.8) is 0 Å². The first-order valence-electron chi connectivity index (χ1n) is 7.94. The number of benzene rings is 2. The smallest absolute Gasteiger partial charge is 0.258 e. The fourth-order valence-corrected chi connectivity index (χ4v) is 2.67. The van der Waals surface area contributed by atoms with Crippen LogP contribution in [0.15, 0.2) is 36.4 Å². The number of rotatable bonds is 5. The van der Waals surface area contributed by atoms with Crippen molar-refractivity contribution < 1.29 is 9.53 Å². The fraction of sp³-hybridized carbons (Fsp3) is 0.350. The second kappa shape index (κ2) is 7.32. The first kappa shape index (κ1) is 17.1. The van der Waals surface area contributed by atoms with Gasteiger partial charge < -0.3 is 10.1 Å². The van der Waals surface area contributed by atoms with Crippen molar-refractivity contribution in [3.05, 3.63) is 64.2 Å². The number of hydrogen-bond donors (Lipinski definition) is 1. The summed E-state index contributed by atoms with van der Waals surface area (Å²) < 4.78 is 5.60. The van der Waals surface area contributed by atoms with Crippen LogP contribution in [0.2, 0.25) is 0 Å². The molecule has 23 heavy (non-hydrogen) atoms. The minimum Gasteiger partial charge on any atom is -0.484 e. The van der Waals surface area contributed by atoms with Gasteiger partial charge in [-0.1, -0.05) is 30.3 Å². The Morgan fingerprint density at radius 2 is 1.65 bits per heavy atom. The van der Waals surface area contributed by atoms with Crippen LogP contribution in [0.1, 0.15) is 40.8 Å². The molecule has 0 aliphatic heterocycles. The molecule has 0 bridgehead atoms. The predicted octanol–water partition coefficient (Wildman–Crippen LogP) is 4.18. The van der Waals surface area contributed by atoms with Gasteiger partial charge in [-0.2, -0.15) is 0 Å². The highest BCUT2D eigenvalue weighted by molar-refractivity contribution is 5.78. The number of para-hydroxylation sites is 1. The Kier molecular flexibility index (Phi) is 5.43. The van der Waals surface area contributed by atoms with Gasteiger partial charge in [0.25, 0.3) is 5.91 Å². The SMILES string of the molecule is Cc1cc(C)c([C@@H](C)NC(=O)COc2ccccc2C)cc1C. The number of aryl methyl sites for hydroxylation is 4. The van der Waals surface area contributed by atoms with Crippen LogP contribution >= 0.6 is 0 Å². The number of nitrogens with one attached hydrogen (secondary N) is 1. The molecule has 0 heterocycles. The van der Waals surface area contributed by atoms with E-state index < -0.39 is 0 Å². The van der Waals surface area contributed by atoms with E-state index in [1.54, 1.807) is 0 Å². The van der Waals surface area contributed by atoms with E-state index in [0.717, 1.165) is 16.9 Å². The van der Waals surface area contributed by atoms with Crippen LogP contribution in [0.4, 0.5) is 0 Å². The van der Waals surface area contributed by atoms with Gasteiger partial charge in [0.2, 0.25) is 0 Å². The third kappa shape index (κ3) is 4.35. The molecule has 2 aromatic carbocycles. The summed E-state index contributed by atoms with van der Waals surface area (Å²) in [6.07, 6.45) is 0. The molecule has 3 heteroatoms. The quantitative estimate of drug-likeness (QED) is 0.899. The van der Waals surface area contributed by atoms with Gasteiger partial charge >= 0.3 is 0 Å². The van der Waals surface area contributed by atoms with Crippen LogP contribution in [0.25, 0.3) is 0 Å². The lowest BCUT2D eigenvalue weighted by molar-refractivity contribution is -0.123. The lowest BCUT2D eigenvalue weighted by atomic mass is 9.96. The van der Waals surface area contributed by atoms with E-state index in [2.05, 4.69) is 38.2 Å². The van der Waals surface area contributed by atoms with Crippen LogP contribution in [-0.4, -0.2) is 12.5 Å². The van der Waals surface area contributed by atoms with Crippen LogP contribution in [0, 0.1) is 27.7 Å². The van der Waals surface area contributed by atoms with Crippen molar-refractivity contribution in [3.8, 4) is 5.75 Å². The topological polar surface area (TPSA) is 38.3 Å². The van der Waals surface area contributed by atoms with Crippen molar-refractivity contribution in [2.45, 2.75) is 40.7 Å². The molecule has 122 valence electrons. The van der Waals surface area contributed by atoms with Gasteiger partial charge in [-0.3, -0.25) is 4.79 Å². The number of carbonyl (C=O) groups is 1. The molecule has 0 saturated carbocycles. The molecule has 0 fully saturated rings. The lowest BCUT2D eigenvalue weighted by Crippen LogP contribution is -2.31. The maximum absolute atomic E-state index is 12.1. The predicted molar refractivity (Wildman–Crippen MR) is 93.9 cm³/mol. The largest absolute Gasteiger partial charge is 0.484 e. The molecule has 0 aromatic heterocycles.